The Morgan fingerprint density at radius 2 is 2.62 bits per heavy atom. The van der Waals surface area contributed by atoms with Crippen LogP contribution in [-0.2, 0) is 0 Å². The summed E-state index contributed by atoms with van der Waals surface area (Å²) in [6.07, 6.45) is 0.123. The van der Waals surface area contributed by atoms with Crippen molar-refractivity contribution < 1.29 is 2.74 Å². The fraction of sp³-hybridized carbons (Fsp3) is 0.167. The van der Waals surface area contributed by atoms with Gasteiger partial charge in [-0.15, -0.1) is 0 Å². The first-order chi connectivity index (χ1) is 4.61. The van der Waals surface area contributed by atoms with Crippen LogP contribution in [0.25, 0.3) is 0 Å². The van der Waals surface area contributed by atoms with Gasteiger partial charge in [0.25, 0.3) is 0 Å². The van der Waals surface area contributed by atoms with Gasteiger partial charge in [-0.25, -0.2) is 0 Å². The van der Waals surface area contributed by atoms with E-state index in [9.17, 15) is 0 Å². The maximum Gasteiger partial charge on any atom is 0.0843 e. The summed E-state index contributed by atoms with van der Waals surface area (Å²) in [7, 11) is 0. The Morgan fingerprint density at radius 3 is 3.25 bits per heavy atom. The Labute approximate surface area is 56.1 Å². The van der Waals surface area contributed by atoms with Crippen molar-refractivity contribution in [1.29, 1.82) is 0 Å². The smallest absolute Gasteiger partial charge is 0.0843 e. The molecule has 42 valence electrons. The lowest BCUT2D eigenvalue weighted by molar-refractivity contribution is 1.27. The van der Waals surface area contributed by atoms with Gasteiger partial charge in [-0.2, -0.15) is 0 Å². The van der Waals surface area contributed by atoms with Crippen molar-refractivity contribution in [3.63, 3.8) is 0 Å². The zero-order valence-electron chi connectivity index (χ0n) is 6.40. The van der Waals surface area contributed by atoms with Gasteiger partial charge in [0.15, 0.2) is 0 Å². The van der Waals surface area contributed by atoms with Gasteiger partial charge in [0.1, 0.15) is 0 Å². The number of hydrogen-bond acceptors (Lipinski definition) is 1. The Morgan fingerprint density at radius 1 is 1.88 bits per heavy atom. The fourth-order valence-corrected chi connectivity index (χ4v) is 0.458. The summed E-state index contributed by atoms with van der Waals surface area (Å²) >= 11 is 5.64. The third-order valence-electron chi connectivity index (χ3n) is 0.838. The molecule has 0 bridgehead atoms. The summed E-state index contributed by atoms with van der Waals surface area (Å²) in [6.45, 7) is 1.71. The summed E-state index contributed by atoms with van der Waals surface area (Å²) in [5.74, 6) is 0. The highest BCUT2D eigenvalue weighted by atomic mass is 35.5. The van der Waals surface area contributed by atoms with Gasteiger partial charge in [-0.1, -0.05) is 11.6 Å². The van der Waals surface area contributed by atoms with Gasteiger partial charge in [-0.05, 0) is 18.6 Å². The molecule has 0 saturated carbocycles. The molecule has 0 fully saturated rings. The van der Waals surface area contributed by atoms with Crippen molar-refractivity contribution >= 4 is 11.6 Å². The summed E-state index contributed by atoms with van der Waals surface area (Å²) < 4.78 is 14.2. The molecule has 0 aliphatic rings. The van der Waals surface area contributed by atoms with E-state index in [0.29, 0.717) is 10.6 Å². The van der Waals surface area contributed by atoms with Crippen LogP contribution in [0.2, 0.25) is 5.02 Å². The van der Waals surface area contributed by atoms with Crippen LogP contribution in [0, 0.1) is 6.92 Å². The minimum atomic E-state index is 0.0422. The topological polar surface area (TPSA) is 12.9 Å². The zero-order chi connectivity index (χ0) is 7.72. The van der Waals surface area contributed by atoms with Crippen molar-refractivity contribution in [2.24, 2.45) is 0 Å². The van der Waals surface area contributed by atoms with E-state index in [4.69, 9.17) is 14.3 Å². The molecule has 0 spiro atoms. The molecule has 0 saturated heterocycles. The average molecular weight is 130 g/mol. The molecule has 1 rings (SSSR count). The van der Waals surface area contributed by atoms with E-state index < -0.39 is 0 Å². The van der Waals surface area contributed by atoms with Crippen LogP contribution in [0.5, 0.6) is 0 Å². The third-order valence-corrected chi connectivity index (χ3v) is 1.23. The average Bonchev–Trinajstić information content (AvgIpc) is 1.82. The molecule has 1 aromatic rings. The van der Waals surface area contributed by atoms with Gasteiger partial charge in [0, 0.05) is 17.4 Å². The number of aromatic nitrogens is 1. The summed E-state index contributed by atoms with van der Waals surface area (Å²) in [5.41, 5.74) is 0.623. The Balaban J connectivity index is 3.31. The Kier molecular flexibility index (Phi) is 0.926. The monoisotopic (exact) mass is 129 g/mol. The second-order valence-electron chi connectivity index (χ2n) is 1.47. The summed E-state index contributed by atoms with van der Waals surface area (Å²) in [5, 5.41) is 0.435. The number of rotatable bonds is 0. The Hall–Kier alpha value is -0.560. The second kappa shape index (κ2) is 2.14. The minimum Gasteiger partial charge on any atom is -0.264 e. The molecule has 1 aromatic heterocycles. The van der Waals surface area contributed by atoms with Crippen molar-refractivity contribution in [2.75, 3.05) is 0 Å². The number of nitrogens with zero attached hydrogens (tertiary/aromatic N) is 1. The molecule has 0 aromatic carbocycles. The molecule has 0 radical (unpaired) electrons. The minimum absolute atomic E-state index is 0.0422. The van der Waals surface area contributed by atoms with E-state index in [-0.39, 0.29) is 12.3 Å². The lowest BCUT2D eigenvalue weighted by Crippen LogP contribution is -1.74. The highest BCUT2D eigenvalue weighted by Gasteiger charge is 1.87. The number of pyridine rings is 1. The molecule has 0 atom stereocenters. The molecular formula is C6H6ClN. The molecule has 0 amide bonds. The van der Waals surface area contributed by atoms with E-state index in [1.807, 2.05) is 0 Å². The highest BCUT2D eigenvalue weighted by Crippen LogP contribution is 2.10. The largest absolute Gasteiger partial charge is 0.264 e. The van der Waals surface area contributed by atoms with E-state index >= 15 is 0 Å². The van der Waals surface area contributed by atoms with Gasteiger partial charge >= 0.3 is 0 Å². The van der Waals surface area contributed by atoms with Gasteiger partial charge in [0.05, 0.1) is 2.74 Å². The third kappa shape index (κ3) is 0.984. The van der Waals surface area contributed by atoms with Gasteiger partial charge in [0.2, 0.25) is 0 Å². The van der Waals surface area contributed by atoms with Crippen LogP contribution in [0.4, 0.5) is 0 Å². The molecule has 0 unspecified atom stereocenters. The first kappa shape index (κ1) is 3.46. The van der Waals surface area contributed by atoms with Crippen molar-refractivity contribution in [3.05, 3.63) is 29.0 Å². The quantitative estimate of drug-likeness (QED) is 0.523. The highest BCUT2D eigenvalue weighted by molar-refractivity contribution is 6.31. The van der Waals surface area contributed by atoms with E-state index in [1.165, 1.54) is 6.07 Å². The van der Waals surface area contributed by atoms with Crippen LogP contribution in [-0.4, -0.2) is 4.98 Å². The predicted octanol–water partition coefficient (Wildman–Crippen LogP) is 2.04. The molecule has 8 heavy (non-hydrogen) atoms. The second-order valence-corrected chi connectivity index (χ2v) is 1.88. The predicted molar refractivity (Wildman–Crippen MR) is 34.0 cm³/mol. The summed E-state index contributed by atoms with van der Waals surface area (Å²) in [4.78, 5) is 3.58. The molecule has 0 N–H and O–H groups in total. The maximum absolute atomic E-state index is 7.19. The molecule has 2 heteroatoms. The summed E-state index contributed by atoms with van der Waals surface area (Å²) in [6, 6.07) is 1.43. The first-order valence-electron chi connectivity index (χ1n) is 3.21. The van der Waals surface area contributed by atoms with Crippen LogP contribution >= 0.6 is 11.6 Å². The SMILES string of the molecule is [2H]c1cc(Cl)c(C)c([2H])n1. The first-order valence-corrected chi connectivity index (χ1v) is 2.59. The lowest BCUT2D eigenvalue weighted by atomic mass is 10.3. The fourth-order valence-electron chi connectivity index (χ4n) is 0.367. The maximum atomic E-state index is 7.19. The van der Waals surface area contributed by atoms with Gasteiger partial charge in [-0.3, -0.25) is 4.98 Å². The molecule has 1 nitrogen and oxygen atoms in total. The van der Waals surface area contributed by atoms with Crippen molar-refractivity contribution in [2.45, 2.75) is 6.92 Å². The van der Waals surface area contributed by atoms with Crippen molar-refractivity contribution in [3.8, 4) is 0 Å². The Bertz CT molecular complexity index is 239. The van der Waals surface area contributed by atoms with E-state index in [0.717, 1.165) is 0 Å². The lowest BCUT2D eigenvalue weighted by Gasteiger charge is -1.90. The zero-order valence-corrected chi connectivity index (χ0v) is 5.16. The van der Waals surface area contributed by atoms with Crippen LogP contribution in [0.3, 0.4) is 0 Å². The standard InChI is InChI=1S/C6H6ClN/c1-5-4-8-3-2-6(5)7/h2-4H,1H3/i3D,4D. The van der Waals surface area contributed by atoms with E-state index in [2.05, 4.69) is 4.98 Å². The van der Waals surface area contributed by atoms with E-state index in [1.54, 1.807) is 6.92 Å². The molecular weight excluding hydrogens is 122 g/mol. The molecule has 0 aliphatic heterocycles. The van der Waals surface area contributed by atoms with Crippen LogP contribution in [0.15, 0.2) is 18.4 Å². The van der Waals surface area contributed by atoms with Gasteiger partial charge < -0.3 is 0 Å². The number of hydrogen-bond donors (Lipinski definition) is 0. The molecule has 1 heterocycles. The number of halogens is 1. The molecule has 0 aliphatic carbocycles. The van der Waals surface area contributed by atoms with Crippen molar-refractivity contribution in [1.82, 2.24) is 4.98 Å². The van der Waals surface area contributed by atoms with Crippen LogP contribution < -0.4 is 0 Å². The van der Waals surface area contributed by atoms with Crippen LogP contribution in [0.1, 0.15) is 8.30 Å². The normalized spacial score (nSPS) is 12.8.